The zero-order valence-electron chi connectivity index (χ0n) is 17.3. The molecule has 0 spiro atoms. The Morgan fingerprint density at radius 2 is 1.69 bits per heavy atom. The fourth-order valence-electron chi connectivity index (χ4n) is 3.04. The molecule has 0 atom stereocenters. The Hall–Kier alpha value is -3.29. The van der Waals surface area contributed by atoms with Gasteiger partial charge in [-0.2, -0.15) is 0 Å². The Morgan fingerprint density at radius 1 is 0.969 bits per heavy atom. The molecule has 0 radical (unpaired) electrons. The predicted octanol–water partition coefficient (Wildman–Crippen LogP) is 5.43. The highest BCUT2D eigenvalue weighted by molar-refractivity contribution is 7.99. The van der Waals surface area contributed by atoms with Crippen molar-refractivity contribution in [1.82, 2.24) is 14.8 Å². The fraction of sp³-hybridized carbons (Fsp3) is 0.125. The van der Waals surface area contributed by atoms with Crippen molar-refractivity contribution >= 4 is 29.3 Å². The molecule has 0 amide bonds. The van der Waals surface area contributed by atoms with E-state index in [9.17, 15) is 4.79 Å². The number of methoxy groups -OCH3 is 1. The highest BCUT2D eigenvalue weighted by Gasteiger charge is 2.19. The summed E-state index contributed by atoms with van der Waals surface area (Å²) in [6, 6.07) is 24.5. The molecule has 0 aliphatic carbocycles. The van der Waals surface area contributed by atoms with Crippen molar-refractivity contribution in [3.8, 4) is 22.8 Å². The van der Waals surface area contributed by atoms with Gasteiger partial charge in [-0.3, -0.25) is 9.36 Å². The van der Waals surface area contributed by atoms with Gasteiger partial charge in [-0.25, -0.2) is 0 Å². The molecule has 1 heterocycles. The van der Waals surface area contributed by atoms with Gasteiger partial charge in [0.1, 0.15) is 12.4 Å². The number of para-hydroxylation sites is 1. The van der Waals surface area contributed by atoms with Gasteiger partial charge in [0.05, 0.1) is 23.6 Å². The second-order valence-corrected chi connectivity index (χ2v) is 8.11. The molecule has 4 aromatic rings. The number of halogens is 1. The van der Waals surface area contributed by atoms with Crippen LogP contribution in [0.25, 0.3) is 17.1 Å². The molecule has 0 aliphatic heterocycles. The number of aromatic nitrogens is 3. The molecule has 0 fully saturated rings. The van der Waals surface area contributed by atoms with E-state index in [0.29, 0.717) is 16.0 Å². The van der Waals surface area contributed by atoms with Crippen LogP contribution in [-0.4, -0.2) is 33.6 Å². The van der Waals surface area contributed by atoms with Crippen molar-refractivity contribution in [3.05, 3.63) is 89.4 Å². The number of nitrogens with zero attached hydrogens (tertiary/aromatic N) is 3. The number of hydrogen-bond acceptors (Lipinski definition) is 6. The van der Waals surface area contributed by atoms with Gasteiger partial charge in [-0.05, 0) is 42.0 Å². The summed E-state index contributed by atoms with van der Waals surface area (Å²) in [7, 11) is 1.62. The average Bonchev–Trinajstić information content (AvgIpc) is 3.26. The maximum Gasteiger partial charge on any atom is 0.316 e. The van der Waals surface area contributed by atoms with E-state index in [0.717, 1.165) is 22.6 Å². The van der Waals surface area contributed by atoms with Crippen LogP contribution >= 0.6 is 23.4 Å². The molecule has 8 heteroatoms. The Kier molecular flexibility index (Phi) is 7.09. The largest absolute Gasteiger partial charge is 0.497 e. The van der Waals surface area contributed by atoms with Gasteiger partial charge in [0.2, 0.25) is 0 Å². The van der Waals surface area contributed by atoms with E-state index < -0.39 is 0 Å². The van der Waals surface area contributed by atoms with Gasteiger partial charge >= 0.3 is 5.97 Å². The smallest absolute Gasteiger partial charge is 0.316 e. The monoisotopic (exact) mass is 465 g/mol. The molecule has 6 nitrogen and oxygen atoms in total. The topological polar surface area (TPSA) is 66.2 Å². The summed E-state index contributed by atoms with van der Waals surface area (Å²) in [6.45, 7) is 0.231. The van der Waals surface area contributed by atoms with Gasteiger partial charge in [0, 0.05) is 5.56 Å². The minimum Gasteiger partial charge on any atom is -0.497 e. The predicted molar refractivity (Wildman–Crippen MR) is 125 cm³/mol. The minimum atomic E-state index is -0.335. The maximum absolute atomic E-state index is 12.3. The Balaban J connectivity index is 1.57. The highest BCUT2D eigenvalue weighted by Crippen LogP contribution is 2.32. The standard InChI is InChI=1S/C24H20ClN3O3S/c1-30-19-13-11-18(12-14-19)23-26-27-24(28(23)21-10-6-5-9-20(21)25)32-16-22(29)31-15-17-7-3-2-4-8-17/h2-14H,15-16H2,1H3. The van der Waals surface area contributed by atoms with Crippen molar-refractivity contribution in [3.63, 3.8) is 0 Å². The van der Waals surface area contributed by atoms with Crippen LogP contribution < -0.4 is 4.74 Å². The lowest BCUT2D eigenvalue weighted by molar-refractivity contribution is -0.141. The van der Waals surface area contributed by atoms with E-state index in [4.69, 9.17) is 21.1 Å². The molecule has 0 unspecified atom stereocenters. The van der Waals surface area contributed by atoms with Crippen molar-refractivity contribution in [2.24, 2.45) is 0 Å². The first kappa shape index (κ1) is 21.9. The molecule has 1 aromatic heterocycles. The van der Waals surface area contributed by atoms with Gasteiger partial charge in [0.15, 0.2) is 11.0 Å². The van der Waals surface area contributed by atoms with Crippen LogP contribution in [0.4, 0.5) is 0 Å². The minimum absolute atomic E-state index is 0.0953. The number of ether oxygens (including phenoxy) is 2. The molecule has 0 bridgehead atoms. The number of carbonyl (C=O) groups is 1. The Morgan fingerprint density at radius 3 is 2.41 bits per heavy atom. The molecular weight excluding hydrogens is 446 g/mol. The number of benzene rings is 3. The first-order valence-electron chi connectivity index (χ1n) is 9.83. The maximum atomic E-state index is 12.3. The number of thioether (sulfide) groups is 1. The summed E-state index contributed by atoms with van der Waals surface area (Å²) in [4.78, 5) is 12.3. The number of hydrogen-bond donors (Lipinski definition) is 0. The lowest BCUT2D eigenvalue weighted by Crippen LogP contribution is -2.08. The zero-order valence-corrected chi connectivity index (χ0v) is 18.8. The Labute approximate surface area is 195 Å². The highest BCUT2D eigenvalue weighted by atomic mass is 35.5. The van der Waals surface area contributed by atoms with Crippen LogP contribution in [0.2, 0.25) is 5.02 Å². The number of esters is 1. The molecule has 162 valence electrons. The lowest BCUT2D eigenvalue weighted by Gasteiger charge is -2.12. The molecule has 32 heavy (non-hydrogen) atoms. The van der Waals surface area contributed by atoms with Gasteiger partial charge in [-0.1, -0.05) is 65.8 Å². The summed E-state index contributed by atoms with van der Waals surface area (Å²) in [5.74, 6) is 1.12. The first-order chi connectivity index (χ1) is 15.7. The van der Waals surface area contributed by atoms with E-state index in [1.807, 2.05) is 77.4 Å². The fourth-order valence-corrected chi connectivity index (χ4v) is 4.01. The number of rotatable bonds is 8. The molecule has 0 saturated carbocycles. The van der Waals surface area contributed by atoms with Gasteiger partial charge < -0.3 is 9.47 Å². The molecule has 4 rings (SSSR count). The lowest BCUT2D eigenvalue weighted by atomic mass is 10.2. The first-order valence-corrected chi connectivity index (χ1v) is 11.2. The molecule has 3 aromatic carbocycles. The van der Waals surface area contributed by atoms with E-state index in [1.54, 1.807) is 13.2 Å². The van der Waals surface area contributed by atoms with Crippen molar-refractivity contribution in [2.45, 2.75) is 11.8 Å². The second-order valence-electron chi connectivity index (χ2n) is 6.76. The molecular formula is C24H20ClN3O3S. The van der Waals surface area contributed by atoms with E-state index in [-0.39, 0.29) is 18.3 Å². The van der Waals surface area contributed by atoms with Crippen LogP contribution in [0, 0.1) is 0 Å². The van der Waals surface area contributed by atoms with E-state index in [1.165, 1.54) is 11.8 Å². The summed E-state index contributed by atoms with van der Waals surface area (Å²) < 4.78 is 12.5. The average molecular weight is 466 g/mol. The third-order valence-electron chi connectivity index (χ3n) is 4.64. The van der Waals surface area contributed by atoms with E-state index in [2.05, 4.69) is 10.2 Å². The summed E-state index contributed by atoms with van der Waals surface area (Å²) in [5, 5.41) is 9.79. The van der Waals surface area contributed by atoms with Crippen LogP contribution in [0.1, 0.15) is 5.56 Å². The van der Waals surface area contributed by atoms with Crippen LogP contribution in [0.5, 0.6) is 5.75 Å². The van der Waals surface area contributed by atoms with Gasteiger partial charge in [-0.15, -0.1) is 10.2 Å². The third-order valence-corrected chi connectivity index (χ3v) is 5.86. The molecule has 0 saturated heterocycles. The summed E-state index contributed by atoms with van der Waals surface area (Å²) in [6.07, 6.45) is 0. The Bertz CT molecular complexity index is 1200. The van der Waals surface area contributed by atoms with Crippen LogP contribution in [0.15, 0.2) is 84.0 Å². The number of carbonyl (C=O) groups excluding carboxylic acids is 1. The van der Waals surface area contributed by atoms with Crippen LogP contribution in [-0.2, 0) is 16.1 Å². The molecule has 0 N–H and O–H groups in total. The quantitative estimate of drug-likeness (QED) is 0.255. The van der Waals surface area contributed by atoms with Crippen molar-refractivity contribution in [1.29, 1.82) is 0 Å². The summed E-state index contributed by atoms with van der Waals surface area (Å²) in [5.41, 5.74) is 2.51. The van der Waals surface area contributed by atoms with Crippen molar-refractivity contribution < 1.29 is 14.3 Å². The zero-order chi connectivity index (χ0) is 22.3. The molecule has 0 aliphatic rings. The van der Waals surface area contributed by atoms with Gasteiger partial charge in [0.25, 0.3) is 0 Å². The second kappa shape index (κ2) is 10.3. The summed E-state index contributed by atoms with van der Waals surface area (Å²) >= 11 is 7.73. The van der Waals surface area contributed by atoms with Crippen molar-refractivity contribution in [2.75, 3.05) is 12.9 Å². The van der Waals surface area contributed by atoms with E-state index >= 15 is 0 Å². The normalized spacial score (nSPS) is 10.7. The SMILES string of the molecule is COc1ccc(-c2nnc(SCC(=O)OCc3ccccc3)n2-c2ccccc2Cl)cc1. The third kappa shape index (κ3) is 5.12. The van der Waals surface area contributed by atoms with Crippen LogP contribution in [0.3, 0.4) is 0 Å².